The zero-order valence-corrected chi connectivity index (χ0v) is 22.7. The number of carbonyl (C=O) groups excluding carboxylic acids is 1. The van der Waals surface area contributed by atoms with Crippen LogP contribution in [0.3, 0.4) is 0 Å². The number of methoxy groups -OCH3 is 1. The van der Waals surface area contributed by atoms with Crippen LogP contribution in [0.5, 0.6) is 0 Å². The van der Waals surface area contributed by atoms with E-state index in [-0.39, 0.29) is 6.09 Å². The van der Waals surface area contributed by atoms with Crippen molar-refractivity contribution < 1.29 is 14.3 Å². The second-order valence-electron chi connectivity index (χ2n) is 11.3. The summed E-state index contributed by atoms with van der Waals surface area (Å²) in [5, 5.41) is 0. The minimum atomic E-state index is -0.722. The second-order valence-corrected chi connectivity index (χ2v) is 11.3. The molecule has 0 bridgehead atoms. The molecule has 0 radical (unpaired) electrons. The number of imidazole rings is 1. The molecule has 1 amide bonds. The van der Waals surface area contributed by atoms with Gasteiger partial charge in [-0.05, 0) is 70.0 Å². The van der Waals surface area contributed by atoms with Gasteiger partial charge in [0.15, 0.2) is 11.5 Å². The van der Waals surface area contributed by atoms with Crippen molar-refractivity contribution in [3.05, 3.63) is 60.2 Å². The van der Waals surface area contributed by atoms with Crippen molar-refractivity contribution in [2.24, 2.45) is 0 Å². The lowest BCUT2D eigenvalue weighted by Gasteiger charge is -2.28. The van der Waals surface area contributed by atoms with Gasteiger partial charge in [-0.25, -0.2) is 19.7 Å². The third kappa shape index (κ3) is 4.69. The van der Waals surface area contributed by atoms with Crippen molar-refractivity contribution in [1.29, 1.82) is 0 Å². The molecular formula is C29H33N7O3. The number of amides is 1. The van der Waals surface area contributed by atoms with Gasteiger partial charge in [0.2, 0.25) is 0 Å². The number of nitrogens with two attached hydrogens (primary N) is 1. The molecule has 1 atom stereocenters. The molecule has 39 heavy (non-hydrogen) atoms. The summed E-state index contributed by atoms with van der Waals surface area (Å²) in [6.45, 7) is 6.47. The normalized spacial score (nSPS) is 19.5. The number of anilines is 1. The second kappa shape index (κ2) is 9.30. The Bertz CT molecular complexity index is 1540. The maximum Gasteiger partial charge on any atom is 0.410 e. The van der Waals surface area contributed by atoms with Crippen LogP contribution in [0.25, 0.3) is 28.2 Å². The maximum absolute atomic E-state index is 12.7. The summed E-state index contributed by atoms with van der Waals surface area (Å²) < 4.78 is 13.6. The summed E-state index contributed by atoms with van der Waals surface area (Å²) in [5.41, 5.74) is 9.86. The van der Waals surface area contributed by atoms with E-state index in [9.17, 15) is 4.79 Å². The number of nitrogen functional groups attached to an aromatic ring is 1. The maximum atomic E-state index is 12.7. The Morgan fingerprint density at radius 3 is 2.59 bits per heavy atom. The van der Waals surface area contributed by atoms with Gasteiger partial charge >= 0.3 is 6.09 Å². The Hall–Kier alpha value is -4.05. The van der Waals surface area contributed by atoms with Crippen LogP contribution in [0.4, 0.5) is 10.6 Å². The van der Waals surface area contributed by atoms with Gasteiger partial charge in [-0.3, -0.25) is 9.55 Å². The van der Waals surface area contributed by atoms with E-state index in [2.05, 4.69) is 11.1 Å². The third-order valence-corrected chi connectivity index (χ3v) is 7.35. The molecule has 0 spiro atoms. The van der Waals surface area contributed by atoms with Crippen LogP contribution >= 0.6 is 0 Å². The molecule has 1 aliphatic carbocycles. The first-order valence-electron chi connectivity index (χ1n) is 13.3. The van der Waals surface area contributed by atoms with Crippen molar-refractivity contribution in [3.8, 4) is 17.1 Å². The molecule has 5 heterocycles. The van der Waals surface area contributed by atoms with Crippen molar-refractivity contribution in [1.82, 2.24) is 29.4 Å². The van der Waals surface area contributed by atoms with Gasteiger partial charge in [-0.1, -0.05) is 0 Å². The van der Waals surface area contributed by atoms with E-state index in [4.69, 9.17) is 30.2 Å². The van der Waals surface area contributed by atoms with Gasteiger partial charge in [-0.15, -0.1) is 0 Å². The van der Waals surface area contributed by atoms with Crippen LogP contribution in [-0.4, -0.2) is 61.3 Å². The van der Waals surface area contributed by atoms with Gasteiger partial charge in [0.05, 0.1) is 29.7 Å². The minimum Gasteiger partial charge on any atom is -0.444 e. The zero-order chi connectivity index (χ0) is 27.4. The quantitative estimate of drug-likeness (QED) is 0.392. The number of carbonyl (C=O) groups is 1. The topological polar surface area (TPSA) is 121 Å². The molecule has 1 saturated carbocycles. The van der Waals surface area contributed by atoms with Gasteiger partial charge in [0, 0.05) is 37.9 Å². The first kappa shape index (κ1) is 25.2. The molecule has 202 valence electrons. The van der Waals surface area contributed by atoms with Crippen molar-refractivity contribution in [2.75, 3.05) is 25.9 Å². The predicted molar refractivity (Wildman–Crippen MR) is 147 cm³/mol. The largest absolute Gasteiger partial charge is 0.444 e. The third-order valence-electron chi connectivity index (χ3n) is 7.35. The Labute approximate surface area is 227 Å². The molecule has 0 aromatic carbocycles. The number of nitrogens with zero attached hydrogens (tertiary/aromatic N) is 6. The monoisotopic (exact) mass is 527 g/mol. The van der Waals surface area contributed by atoms with E-state index in [0.717, 1.165) is 46.6 Å². The molecule has 2 aliphatic rings. The molecule has 10 heteroatoms. The molecule has 2 fully saturated rings. The first-order valence-corrected chi connectivity index (χ1v) is 13.3. The Morgan fingerprint density at radius 2 is 1.92 bits per heavy atom. The molecule has 4 aromatic heterocycles. The average molecular weight is 528 g/mol. The summed E-state index contributed by atoms with van der Waals surface area (Å²) in [6.07, 6.45) is 6.05. The van der Waals surface area contributed by atoms with Gasteiger partial charge in [0.1, 0.15) is 22.5 Å². The highest BCUT2D eigenvalue weighted by atomic mass is 16.6. The fraction of sp³-hybridized carbons (Fsp3) is 0.414. The number of hydrogen-bond donors (Lipinski definition) is 1. The van der Waals surface area contributed by atoms with Gasteiger partial charge < -0.3 is 20.1 Å². The molecule has 6 rings (SSSR count). The van der Waals surface area contributed by atoms with Crippen LogP contribution < -0.4 is 5.73 Å². The van der Waals surface area contributed by atoms with E-state index in [1.165, 1.54) is 0 Å². The number of hydrogen-bond acceptors (Lipinski definition) is 8. The molecule has 4 aromatic rings. The summed E-state index contributed by atoms with van der Waals surface area (Å²) >= 11 is 0. The molecule has 1 aliphatic heterocycles. The molecule has 1 saturated heterocycles. The van der Waals surface area contributed by atoms with E-state index in [1.807, 2.05) is 55.7 Å². The zero-order valence-electron chi connectivity index (χ0n) is 22.7. The number of ether oxygens (including phenoxy) is 2. The number of aromatic nitrogens is 5. The SMILES string of the molecule is COC1(c2ccc(-n3c(-c4cccnc4N)nc4ccc(C5CC5)nc43)cn2)CCN(C(=O)OC(C)(C)C)C1. The highest BCUT2D eigenvalue weighted by molar-refractivity contribution is 5.82. The van der Waals surface area contributed by atoms with E-state index in [1.54, 1.807) is 24.4 Å². The standard InChI is InChI=1S/C29H33N7O3/c1-28(2,3)39-27(37)35-15-13-29(17-35,38-4)23-12-9-19(16-32-23)36-25(20-6-5-14-31-24(20)30)34-22-11-10-21(18-7-8-18)33-26(22)36/h5-6,9-12,14,16,18H,7-8,13,15,17H2,1-4H3,(H2,30,31). The first-order chi connectivity index (χ1) is 18.7. The highest BCUT2D eigenvalue weighted by Crippen LogP contribution is 2.40. The number of fused-ring (bicyclic) bond motifs is 1. The van der Waals surface area contributed by atoms with Crippen LogP contribution in [0.15, 0.2) is 48.8 Å². The van der Waals surface area contributed by atoms with Gasteiger partial charge in [-0.2, -0.15) is 0 Å². The van der Waals surface area contributed by atoms with Crippen LogP contribution in [-0.2, 0) is 15.1 Å². The van der Waals surface area contributed by atoms with E-state index < -0.39 is 11.2 Å². The smallest absolute Gasteiger partial charge is 0.410 e. The van der Waals surface area contributed by atoms with Crippen LogP contribution in [0, 0.1) is 0 Å². The van der Waals surface area contributed by atoms with Crippen LogP contribution in [0.2, 0.25) is 0 Å². The van der Waals surface area contributed by atoms with Crippen molar-refractivity contribution in [2.45, 2.75) is 57.2 Å². The lowest BCUT2D eigenvalue weighted by molar-refractivity contribution is -0.0158. The highest BCUT2D eigenvalue weighted by Gasteiger charge is 2.44. The van der Waals surface area contributed by atoms with E-state index in [0.29, 0.717) is 37.1 Å². The minimum absolute atomic E-state index is 0.348. The Balaban J connectivity index is 1.38. The Kier molecular flexibility index (Phi) is 6.02. The summed E-state index contributed by atoms with van der Waals surface area (Å²) in [5.74, 6) is 1.55. The lowest BCUT2D eigenvalue weighted by atomic mass is 9.97. The number of likely N-dealkylation sites (tertiary alicyclic amines) is 1. The molecular weight excluding hydrogens is 494 g/mol. The summed E-state index contributed by atoms with van der Waals surface area (Å²) in [7, 11) is 1.66. The van der Waals surface area contributed by atoms with Crippen molar-refractivity contribution in [3.63, 3.8) is 0 Å². The fourth-order valence-electron chi connectivity index (χ4n) is 5.14. The number of pyridine rings is 3. The summed E-state index contributed by atoms with van der Waals surface area (Å²) in [6, 6.07) is 11.8. The molecule has 1 unspecified atom stereocenters. The molecule has 10 nitrogen and oxygen atoms in total. The predicted octanol–water partition coefficient (Wildman–Crippen LogP) is 4.82. The van der Waals surface area contributed by atoms with Crippen molar-refractivity contribution >= 4 is 23.1 Å². The number of rotatable bonds is 5. The Morgan fingerprint density at radius 1 is 1.10 bits per heavy atom. The average Bonchev–Trinajstić information content (AvgIpc) is 3.55. The van der Waals surface area contributed by atoms with Crippen LogP contribution in [0.1, 0.15) is 57.3 Å². The van der Waals surface area contributed by atoms with Gasteiger partial charge in [0.25, 0.3) is 0 Å². The fourth-order valence-corrected chi connectivity index (χ4v) is 5.14. The molecule has 2 N–H and O–H groups in total. The van der Waals surface area contributed by atoms with E-state index >= 15 is 0 Å². The lowest BCUT2D eigenvalue weighted by Crippen LogP contribution is -2.39. The summed E-state index contributed by atoms with van der Waals surface area (Å²) in [4.78, 5) is 33.4.